The van der Waals surface area contributed by atoms with Gasteiger partial charge in [-0.05, 0) is 18.6 Å². The van der Waals surface area contributed by atoms with E-state index in [9.17, 15) is 9.90 Å². The summed E-state index contributed by atoms with van der Waals surface area (Å²) in [5.41, 5.74) is 1.43. The fraction of sp³-hybridized carbons (Fsp3) is 0.471. The lowest BCUT2D eigenvalue weighted by atomic mass is 10.1. The predicted molar refractivity (Wildman–Crippen MR) is 82.3 cm³/mol. The van der Waals surface area contributed by atoms with Crippen LogP contribution in [0.3, 0.4) is 0 Å². The summed E-state index contributed by atoms with van der Waals surface area (Å²) in [7, 11) is 0. The minimum Gasteiger partial charge on any atom is -0.477 e. The lowest BCUT2D eigenvalue weighted by Crippen LogP contribution is -2.08. The first-order valence-electron chi connectivity index (χ1n) is 7.55. The van der Waals surface area contributed by atoms with E-state index in [1.807, 2.05) is 28.8 Å². The molecule has 0 aliphatic rings. The highest BCUT2D eigenvalue weighted by Crippen LogP contribution is 2.21. The van der Waals surface area contributed by atoms with Gasteiger partial charge in [0.25, 0.3) is 0 Å². The summed E-state index contributed by atoms with van der Waals surface area (Å²) in [6, 6.07) is 9.65. The minimum absolute atomic E-state index is 0.403. The number of rotatable bonds is 8. The van der Waals surface area contributed by atoms with Crippen LogP contribution in [0.2, 0.25) is 0 Å². The number of aromatic carboxylic acids is 1. The molecule has 0 unspecified atom stereocenters. The zero-order chi connectivity index (χ0) is 14.4. The van der Waals surface area contributed by atoms with Crippen molar-refractivity contribution in [1.82, 2.24) is 4.57 Å². The van der Waals surface area contributed by atoms with Crippen molar-refractivity contribution in [1.29, 1.82) is 0 Å². The highest BCUT2D eigenvalue weighted by atomic mass is 16.4. The first kappa shape index (κ1) is 14.6. The van der Waals surface area contributed by atoms with Gasteiger partial charge < -0.3 is 9.67 Å². The summed E-state index contributed by atoms with van der Waals surface area (Å²) in [6.07, 6.45) is 7.30. The Bertz CT molecular complexity index is 571. The Hall–Kier alpha value is -1.77. The van der Waals surface area contributed by atoms with Gasteiger partial charge in [-0.3, -0.25) is 0 Å². The van der Waals surface area contributed by atoms with Crippen LogP contribution in [0, 0.1) is 0 Å². The fourth-order valence-corrected chi connectivity index (χ4v) is 2.68. The van der Waals surface area contributed by atoms with Crippen LogP contribution in [-0.2, 0) is 6.54 Å². The molecule has 0 bridgehead atoms. The Morgan fingerprint density at radius 3 is 2.55 bits per heavy atom. The molecular weight excluding hydrogens is 250 g/mol. The quantitative estimate of drug-likeness (QED) is 0.708. The summed E-state index contributed by atoms with van der Waals surface area (Å²) in [5.74, 6) is -0.841. The highest BCUT2D eigenvalue weighted by Gasteiger charge is 2.13. The molecule has 20 heavy (non-hydrogen) atoms. The van der Waals surface area contributed by atoms with E-state index in [0.29, 0.717) is 5.69 Å². The van der Waals surface area contributed by atoms with Crippen LogP contribution in [-0.4, -0.2) is 15.6 Å². The molecule has 0 atom stereocenters. The SMILES string of the molecule is CCCCCCCCn1c(C(=O)O)cc2ccccc21. The van der Waals surface area contributed by atoms with Gasteiger partial charge in [-0.25, -0.2) is 4.79 Å². The molecule has 0 aliphatic heterocycles. The maximum Gasteiger partial charge on any atom is 0.352 e. The molecule has 2 rings (SSSR count). The molecule has 0 aliphatic carbocycles. The maximum atomic E-state index is 11.3. The number of aromatic nitrogens is 1. The zero-order valence-corrected chi connectivity index (χ0v) is 12.1. The maximum absolute atomic E-state index is 11.3. The largest absolute Gasteiger partial charge is 0.477 e. The number of nitrogens with zero attached hydrogens (tertiary/aromatic N) is 1. The third-order valence-electron chi connectivity index (χ3n) is 3.76. The third kappa shape index (κ3) is 3.41. The number of unbranched alkanes of at least 4 members (excludes halogenated alkanes) is 5. The number of hydrogen-bond donors (Lipinski definition) is 1. The van der Waals surface area contributed by atoms with E-state index in [1.165, 1.54) is 32.1 Å². The molecule has 0 spiro atoms. The van der Waals surface area contributed by atoms with Crippen molar-refractivity contribution in [2.75, 3.05) is 0 Å². The Labute approximate surface area is 120 Å². The van der Waals surface area contributed by atoms with Crippen LogP contribution < -0.4 is 0 Å². The van der Waals surface area contributed by atoms with Crippen LogP contribution in [0.25, 0.3) is 10.9 Å². The van der Waals surface area contributed by atoms with Crippen molar-refractivity contribution in [2.24, 2.45) is 0 Å². The lowest BCUT2D eigenvalue weighted by molar-refractivity contribution is 0.0685. The van der Waals surface area contributed by atoms with Gasteiger partial charge in [0.2, 0.25) is 0 Å². The van der Waals surface area contributed by atoms with Crippen LogP contribution >= 0.6 is 0 Å². The molecule has 0 amide bonds. The van der Waals surface area contributed by atoms with E-state index in [4.69, 9.17) is 0 Å². The van der Waals surface area contributed by atoms with Crippen molar-refractivity contribution in [3.8, 4) is 0 Å². The van der Waals surface area contributed by atoms with Crippen LogP contribution in [0.15, 0.2) is 30.3 Å². The second kappa shape index (κ2) is 7.13. The molecule has 1 heterocycles. The molecule has 108 valence electrons. The van der Waals surface area contributed by atoms with Crippen molar-refractivity contribution >= 4 is 16.9 Å². The van der Waals surface area contributed by atoms with Gasteiger partial charge in [-0.1, -0.05) is 57.2 Å². The number of carboxylic acids is 1. The van der Waals surface area contributed by atoms with Gasteiger partial charge in [-0.2, -0.15) is 0 Å². The zero-order valence-electron chi connectivity index (χ0n) is 12.1. The summed E-state index contributed by atoms with van der Waals surface area (Å²) >= 11 is 0. The van der Waals surface area contributed by atoms with Crippen molar-refractivity contribution < 1.29 is 9.90 Å². The lowest BCUT2D eigenvalue weighted by Gasteiger charge is -2.08. The molecule has 0 saturated heterocycles. The number of para-hydroxylation sites is 1. The topological polar surface area (TPSA) is 42.2 Å². The molecule has 1 aromatic heterocycles. The normalized spacial score (nSPS) is 11.1. The van der Waals surface area contributed by atoms with Gasteiger partial charge in [0.15, 0.2) is 0 Å². The van der Waals surface area contributed by atoms with Crippen molar-refractivity contribution in [2.45, 2.75) is 52.0 Å². The van der Waals surface area contributed by atoms with Crippen molar-refractivity contribution in [3.05, 3.63) is 36.0 Å². The molecule has 2 aromatic rings. The van der Waals surface area contributed by atoms with Crippen molar-refractivity contribution in [3.63, 3.8) is 0 Å². The Morgan fingerprint density at radius 2 is 1.80 bits per heavy atom. The number of fused-ring (bicyclic) bond motifs is 1. The summed E-state index contributed by atoms with van der Waals surface area (Å²) in [6.45, 7) is 3.01. The standard InChI is InChI=1S/C17H23NO2/c1-2-3-4-5-6-9-12-18-15-11-8-7-10-14(15)13-16(18)17(19)20/h7-8,10-11,13H,2-6,9,12H2,1H3,(H,19,20). The molecule has 0 radical (unpaired) electrons. The molecule has 3 nitrogen and oxygen atoms in total. The molecule has 0 saturated carbocycles. The molecule has 0 fully saturated rings. The molecule has 3 heteroatoms. The number of carbonyl (C=O) groups is 1. The second-order valence-corrected chi connectivity index (χ2v) is 5.31. The predicted octanol–water partition coefficient (Wildman–Crippen LogP) is 4.70. The van der Waals surface area contributed by atoms with Crippen LogP contribution in [0.5, 0.6) is 0 Å². The minimum atomic E-state index is -0.841. The summed E-state index contributed by atoms with van der Waals surface area (Å²) in [5, 5.41) is 10.3. The van der Waals surface area contributed by atoms with E-state index in [-0.39, 0.29) is 0 Å². The van der Waals surface area contributed by atoms with Gasteiger partial charge in [-0.15, -0.1) is 0 Å². The molecule has 1 aromatic carbocycles. The Kier molecular flexibility index (Phi) is 5.22. The number of benzene rings is 1. The molecule has 1 N–H and O–H groups in total. The first-order chi connectivity index (χ1) is 9.74. The third-order valence-corrected chi connectivity index (χ3v) is 3.76. The van der Waals surface area contributed by atoms with E-state index < -0.39 is 5.97 Å². The average molecular weight is 273 g/mol. The highest BCUT2D eigenvalue weighted by molar-refractivity contribution is 5.94. The summed E-state index contributed by atoms with van der Waals surface area (Å²) in [4.78, 5) is 11.3. The summed E-state index contributed by atoms with van der Waals surface area (Å²) < 4.78 is 1.94. The number of carboxylic acid groups (broad SMARTS) is 1. The van der Waals surface area contributed by atoms with Gasteiger partial charge in [0, 0.05) is 17.4 Å². The van der Waals surface area contributed by atoms with Crippen LogP contribution in [0.1, 0.15) is 55.9 Å². The second-order valence-electron chi connectivity index (χ2n) is 5.31. The van der Waals surface area contributed by atoms with Crippen LogP contribution in [0.4, 0.5) is 0 Å². The Balaban J connectivity index is 2.04. The van der Waals surface area contributed by atoms with Gasteiger partial charge in [0.05, 0.1) is 0 Å². The first-order valence-corrected chi connectivity index (χ1v) is 7.55. The van der Waals surface area contributed by atoms with E-state index in [2.05, 4.69) is 6.92 Å². The monoisotopic (exact) mass is 273 g/mol. The number of aryl methyl sites for hydroxylation is 1. The van der Waals surface area contributed by atoms with E-state index in [0.717, 1.165) is 23.9 Å². The smallest absolute Gasteiger partial charge is 0.352 e. The fourth-order valence-electron chi connectivity index (χ4n) is 2.68. The van der Waals surface area contributed by atoms with E-state index in [1.54, 1.807) is 6.07 Å². The van der Waals surface area contributed by atoms with E-state index >= 15 is 0 Å². The van der Waals surface area contributed by atoms with Gasteiger partial charge >= 0.3 is 5.97 Å². The molecular formula is C17H23NO2. The average Bonchev–Trinajstić information content (AvgIpc) is 2.82. The Morgan fingerprint density at radius 1 is 1.10 bits per heavy atom. The van der Waals surface area contributed by atoms with Gasteiger partial charge in [0.1, 0.15) is 5.69 Å². The number of hydrogen-bond acceptors (Lipinski definition) is 1.